The summed E-state index contributed by atoms with van der Waals surface area (Å²) in [4.78, 5) is 12.2. The van der Waals surface area contributed by atoms with Gasteiger partial charge in [0, 0.05) is 24.7 Å². The number of carbonyl (C=O) groups excluding carboxylic acids is 1. The molecule has 0 aliphatic heterocycles. The van der Waals surface area contributed by atoms with Crippen molar-refractivity contribution in [3.63, 3.8) is 0 Å². The first-order valence-corrected chi connectivity index (χ1v) is 7.59. The Morgan fingerprint density at radius 2 is 1.77 bits per heavy atom. The minimum absolute atomic E-state index is 0.0692. The van der Waals surface area contributed by atoms with E-state index in [9.17, 15) is 4.79 Å². The molecule has 4 N–H and O–H groups in total. The number of amides is 1. The zero-order chi connectivity index (χ0) is 15.8. The van der Waals surface area contributed by atoms with E-state index in [1.54, 1.807) is 0 Å². The van der Waals surface area contributed by atoms with Crippen LogP contribution in [0.2, 0.25) is 0 Å². The molecule has 2 aromatic rings. The van der Waals surface area contributed by atoms with Gasteiger partial charge in [-0.25, -0.2) is 0 Å². The van der Waals surface area contributed by atoms with Crippen molar-refractivity contribution in [3.05, 3.63) is 65.7 Å². The van der Waals surface area contributed by atoms with Gasteiger partial charge >= 0.3 is 0 Å². The first-order valence-electron chi connectivity index (χ1n) is 7.59. The number of carbonyl (C=O) groups is 1. The summed E-state index contributed by atoms with van der Waals surface area (Å²) in [6.07, 6.45) is 0.263. The van der Waals surface area contributed by atoms with Crippen LogP contribution in [0.3, 0.4) is 0 Å². The first-order chi connectivity index (χ1) is 10.7. The Kier molecular flexibility index (Phi) is 6.13. The van der Waals surface area contributed by atoms with E-state index in [2.05, 4.69) is 17.6 Å². The largest absolute Gasteiger partial charge is 0.326 e. The van der Waals surface area contributed by atoms with Gasteiger partial charge in [-0.15, -0.1) is 0 Å². The van der Waals surface area contributed by atoms with Crippen LogP contribution in [0.25, 0.3) is 0 Å². The Balaban J connectivity index is 1.97. The fraction of sp³-hybridized carbons (Fsp3) is 0.278. The molecule has 2 aromatic carbocycles. The van der Waals surface area contributed by atoms with Gasteiger partial charge in [-0.1, -0.05) is 55.5 Å². The third kappa shape index (κ3) is 4.69. The monoisotopic (exact) mass is 297 g/mol. The lowest BCUT2D eigenvalue weighted by Gasteiger charge is -2.14. The molecule has 22 heavy (non-hydrogen) atoms. The van der Waals surface area contributed by atoms with E-state index in [1.165, 1.54) is 0 Å². The van der Waals surface area contributed by atoms with E-state index in [0.29, 0.717) is 0 Å². The second kappa shape index (κ2) is 8.32. The highest BCUT2D eigenvalue weighted by Gasteiger charge is 2.12. The molecular formula is C18H23N3O. The molecule has 0 spiro atoms. The zero-order valence-corrected chi connectivity index (χ0v) is 12.9. The molecule has 0 fully saturated rings. The normalized spacial score (nSPS) is 11.9. The van der Waals surface area contributed by atoms with Crippen LogP contribution >= 0.6 is 0 Å². The molecule has 1 atom stereocenters. The lowest BCUT2D eigenvalue weighted by molar-refractivity contribution is -0.116. The summed E-state index contributed by atoms with van der Waals surface area (Å²) in [5.41, 5.74) is 8.98. The molecule has 4 heteroatoms. The van der Waals surface area contributed by atoms with Crippen molar-refractivity contribution in [1.29, 1.82) is 0 Å². The zero-order valence-electron chi connectivity index (χ0n) is 12.9. The maximum absolute atomic E-state index is 12.2. The van der Waals surface area contributed by atoms with Crippen LogP contribution in [0.5, 0.6) is 0 Å². The summed E-state index contributed by atoms with van der Waals surface area (Å²) in [6, 6.07) is 17.2. The Morgan fingerprint density at radius 1 is 1.09 bits per heavy atom. The second-order valence-electron chi connectivity index (χ2n) is 5.21. The summed E-state index contributed by atoms with van der Waals surface area (Å²) in [5.74, 6) is -0.0692. The maximum atomic E-state index is 12.2. The molecule has 0 aliphatic carbocycles. The van der Waals surface area contributed by atoms with Gasteiger partial charge in [0.2, 0.25) is 5.91 Å². The fourth-order valence-electron chi connectivity index (χ4n) is 2.28. The Hall–Kier alpha value is -2.17. The van der Waals surface area contributed by atoms with Gasteiger partial charge in [-0.2, -0.15) is 0 Å². The molecular weight excluding hydrogens is 274 g/mol. The van der Waals surface area contributed by atoms with Crippen molar-refractivity contribution in [2.45, 2.75) is 25.9 Å². The van der Waals surface area contributed by atoms with Crippen LogP contribution in [0, 0.1) is 0 Å². The average molecular weight is 297 g/mol. The topological polar surface area (TPSA) is 67.1 Å². The first kappa shape index (κ1) is 16.2. The van der Waals surface area contributed by atoms with Crippen LogP contribution in [0.4, 0.5) is 5.69 Å². The van der Waals surface area contributed by atoms with Crippen molar-refractivity contribution in [2.75, 3.05) is 11.9 Å². The number of hydrogen-bond donors (Lipinski definition) is 3. The van der Waals surface area contributed by atoms with Crippen molar-refractivity contribution in [1.82, 2.24) is 5.32 Å². The number of hydrogen-bond acceptors (Lipinski definition) is 3. The van der Waals surface area contributed by atoms with Crippen LogP contribution in [-0.4, -0.2) is 12.5 Å². The highest BCUT2D eigenvalue weighted by molar-refractivity contribution is 5.92. The Bertz CT molecular complexity index is 598. The summed E-state index contributed by atoms with van der Waals surface area (Å²) >= 11 is 0. The number of rotatable bonds is 7. The Labute approximate surface area is 131 Å². The van der Waals surface area contributed by atoms with Crippen LogP contribution in [0.1, 0.15) is 30.5 Å². The molecule has 0 radical (unpaired) electrons. The summed E-state index contributed by atoms with van der Waals surface area (Å²) in [6.45, 7) is 3.68. The molecule has 0 bridgehead atoms. The van der Waals surface area contributed by atoms with Crippen molar-refractivity contribution in [2.24, 2.45) is 5.73 Å². The van der Waals surface area contributed by atoms with E-state index in [-0.39, 0.29) is 18.4 Å². The second-order valence-corrected chi connectivity index (χ2v) is 5.21. The van der Waals surface area contributed by atoms with Gasteiger partial charge in [0.15, 0.2) is 0 Å². The minimum Gasteiger partial charge on any atom is -0.326 e. The molecule has 0 aliphatic rings. The summed E-state index contributed by atoms with van der Waals surface area (Å²) < 4.78 is 0. The number of benzene rings is 2. The van der Waals surface area contributed by atoms with Crippen molar-refractivity contribution >= 4 is 11.6 Å². The van der Waals surface area contributed by atoms with Crippen LogP contribution in [-0.2, 0) is 11.3 Å². The molecule has 0 aromatic heterocycles. The molecule has 4 nitrogen and oxygen atoms in total. The van der Waals surface area contributed by atoms with Gasteiger partial charge < -0.3 is 16.4 Å². The molecule has 1 unspecified atom stereocenters. The predicted octanol–water partition coefficient (Wildman–Crippen LogP) is 2.82. The van der Waals surface area contributed by atoms with Crippen LogP contribution < -0.4 is 16.4 Å². The van der Waals surface area contributed by atoms with Gasteiger partial charge in [0.05, 0.1) is 0 Å². The van der Waals surface area contributed by atoms with Gasteiger partial charge in [-0.05, 0) is 23.7 Å². The quantitative estimate of drug-likeness (QED) is 0.736. The van der Waals surface area contributed by atoms with E-state index in [0.717, 1.165) is 29.9 Å². The van der Waals surface area contributed by atoms with Gasteiger partial charge in [0.1, 0.15) is 0 Å². The lowest BCUT2D eigenvalue weighted by Crippen LogP contribution is -2.22. The molecule has 0 saturated heterocycles. The van der Waals surface area contributed by atoms with E-state index >= 15 is 0 Å². The number of nitrogens with one attached hydrogen (secondary N) is 2. The third-order valence-electron chi connectivity index (χ3n) is 3.49. The van der Waals surface area contributed by atoms with Gasteiger partial charge in [-0.3, -0.25) is 4.79 Å². The fourth-order valence-corrected chi connectivity index (χ4v) is 2.28. The highest BCUT2D eigenvalue weighted by atomic mass is 16.1. The predicted molar refractivity (Wildman–Crippen MR) is 90.4 cm³/mol. The molecule has 1 amide bonds. The molecule has 2 rings (SSSR count). The standard InChI is InChI=1S/C18H23N3O/c1-2-20-13-15-10-6-7-11-17(15)21-18(22)12-16(19)14-8-4-3-5-9-14/h3-11,16,20H,2,12-13,19H2,1H3,(H,21,22). The molecule has 116 valence electrons. The third-order valence-corrected chi connectivity index (χ3v) is 3.49. The van der Waals surface area contributed by atoms with Crippen molar-refractivity contribution < 1.29 is 4.79 Å². The maximum Gasteiger partial charge on any atom is 0.226 e. The number of para-hydroxylation sites is 1. The van der Waals surface area contributed by atoms with Crippen molar-refractivity contribution in [3.8, 4) is 0 Å². The smallest absolute Gasteiger partial charge is 0.226 e. The Morgan fingerprint density at radius 3 is 2.50 bits per heavy atom. The molecule has 0 heterocycles. The van der Waals surface area contributed by atoms with E-state index in [4.69, 9.17) is 5.73 Å². The van der Waals surface area contributed by atoms with Gasteiger partial charge in [0.25, 0.3) is 0 Å². The van der Waals surface area contributed by atoms with E-state index in [1.807, 2.05) is 54.6 Å². The summed E-state index contributed by atoms with van der Waals surface area (Å²) in [7, 11) is 0. The number of anilines is 1. The van der Waals surface area contributed by atoms with Crippen LogP contribution in [0.15, 0.2) is 54.6 Å². The summed E-state index contributed by atoms with van der Waals surface area (Å²) in [5, 5.41) is 6.23. The SMILES string of the molecule is CCNCc1ccccc1NC(=O)CC(N)c1ccccc1. The van der Waals surface area contributed by atoms with E-state index < -0.39 is 0 Å². The molecule has 0 saturated carbocycles. The number of nitrogens with two attached hydrogens (primary N) is 1. The minimum atomic E-state index is -0.290. The lowest BCUT2D eigenvalue weighted by atomic mass is 10.0. The average Bonchev–Trinajstić information content (AvgIpc) is 2.54. The highest BCUT2D eigenvalue weighted by Crippen LogP contribution is 2.18.